The molecule has 0 bridgehead atoms. The molecule has 7 nitrogen and oxygen atoms in total. The molecule has 0 aliphatic heterocycles. The van der Waals surface area contributed by atoms with E-state index >= 15 is 0 Å². The molecule has 7 heteroatoms. The second-order valence-corrected chi connectivity index (χ2v) is 5.12. The quantitative estimate of drug-likeness (QED) is 0.744. The van der Waals surface area contributed by atoms with Crippen molar-refractivity contribution < 1.29 is 9.47 Å². The Labute approximate surface area is 146 Å². The maximum absolute atomic E-state index is 9.41. The van der Waals surface area contributed by atoms with Crippen LogP contribution in [0.4, 0.5) is 11.8 Å². The lowest BCUT2D eigenvalue weighted by molar-refractivity contribution is 0.286. The first-order chi connectivity index (χ1) is 12.0. The molecule has 0 saturated heterocycles. The van der Waals surface area contributed by atoms with Crippen LogP contribution in [0.1, 0.15) is 25.0 Å². The minimum Gasteiger partial charge on any atom is -0.490 e. The number of nitrogens with zero attached hydrogens (tertiary/aromatic N) is 3. The monoisotopic (exact) mass is 339 g/mol. The third-order valence-corrected chi connectivity index (χ3v) is 3.42. The Morgan fingerprint density at radius 2 is 1.92 bits per heavy atom. The van der Waals surface area contributed by atoms with Gasteiger partial charge in [-0.25, -0.2) is 4.98 Å². The summed E-state index contributed by atoms with van der Waals surface area (Å²) >= 11 is 0. The molecule has 0 saturated carbocycles. The Hall–Kier alpha value is -3.27. The van der Waals surface area contributed by atoms with Crippen molar-refractivity contribution in [1.82, 2.24) is 9.97 Å². The van der Waals surface area contributed by atoms with E-state index in [4.69, 9.17) is 20.9 Å². The summed E-state index contributed by atoms with van der Waals surface area (Å²) < 4.78 is 11.5. The number of rotatable bonds is 7. The fraction of sp³-hybridized carbons (Fsp3) is 0.278. The smallest absolute Gasteiger partial charge is 0.222 e. The highest BCUT2D eigenvalue weighted by Crippen LogP contribution is 2.38. The number of anilines is 2. The van der Waals surface area contributed by atoms with E-state index in [9.17, 15) is 5.26 Å². The molecule has 1 aromatic carbocycles. The van der Waals surface area contributed by atoms with Gasteiger partial charge in [0.2, 0.25) is 5.95 Å². The Bertz CT molecular complexity index is 827. The highest BCUT2D eigenvalue weighted by atomic mass is 16.5. The molecule has 4 N–H and O–H groups in total. The van der Waals surface area contributed by atoms with Crippen molar-refractivity contribution in [1.29, 1.82) is 5.26 Å². The fourth-order valence-electron chi connectivity index (χ4n) is 2.49. The molecule has 1 aromatic heterocycles. The van der Waals surface area contributed by atoms with Crippen molar-refractivity contribution in [3.8, 4) is 28.8 Å². The van der Waals surface area contributed by atoms with Gasteiger partial charge in [0, 0.05) is 11.1 Å². The van der Waals surface area contributed by atoms with Crippen LogP contribution in [0.2, 0.25) is 0 Å². The third kappa shape index (κ3) is 3.80. The van der Waals surface area contributed by atoms with Gasteiger partial charge in [0.05, 0.1) is 18.9 Å². The lowest BCUT2D eigenvalue weighted by Crippen LogP contribution is -2.06. The molecule has 2 aromatic rings. The second-order valence-electron chi connectivity index (χ2n) is 5.12. The molecule has 0 spiro atoms. The van der Waals surface area contributed by atoms with E-state index in [0.29, 0.717) is 42.4 Å². The SMILES string of the molecule is C=CCc1cc(-c2nc(N)nc(N)c2C#N)cc(OCC)c1OCC. The summed E-state index contributed by atoms with van der Waals surface area (Å²) in [6, 6.07) is 5.67. The molecule has 1 heterocycles. The first kappa shape index (κ1) is 18.1. The summed E-state index contributed by atoms with van der Waals surface area (Å²) in [6.45, 7) is 8.54. The maximum atomic E-state index is 9.41. The Balaban J connectivity index is 2.75. The number of hydrogen-bond acceptors (Lipinski definition) is 7. The molecule has 2 rings (SSSR count). The molecule has 0 radical (unpaired) electrons. The van der Waals surface area contributed by atoms with E-state index in [2.05, 4.69) is 16.5 Å². The van der Waals surface area contributed by atoms with E-state index < -0.39 is 0 Å². The number of aromatic nitrogens is 2. The minimum atomic E-state index is 0.00335. The lowest BCUT2D eigenvalue weighted by Gasteiger charge is -2.17. The number of ether oxygens (including phenoxy) is 2. The zero-order valence-electron chi connectivity index (χ0n) is 14.4. The van der Waals surface area contributed by atoms with Gasteiger partial charge in [-0.15, -0.1) is 6.58 Å². The Morgan fingerprint density at radius 3 is 2.52 bits per heavy atom. The summed E-state index contributed by atoms with van der Waals surface area (Å²) in [5.41, 5.74) is 13.6. The molecule has 0 aliphatic carbocycles. The van der Waals surface area contributed by atoms with Crippen LogP contribution in [0.15, 0.2) is 24.8 Å². The molecule has 0 aliphatic rings. The zero-order valence-corrected chi connectivity index (χ0v) is 14.4. The van der Waals surface area contributed by atoms with Crippen LogP contribution in [0.3, 0.4) is 0 Å². The number of nitrogen functional groups attached to an aromatic ring is 2. The largest absolute Gasteiger partial charge is 0.490 e. The summed E-state index contributed by atoms with van der Waals surface area (Å²) in [5.74, 6) is 1.27. The van der Waals surface area contributed by atoms with Crippen LogP contribution in [0.5, 0.6) is 11.5 Å². The second kappa shape index (κ2) is 8.02. The van der Waals surface area contributed by atoms with Crippen molar-refractivity contribution in [2.45, 2.75) is 20.3 Å². The summed E-state index contributed by atoms with van der Waals surface area (Å²) in [5, 5.41) is 9.41. The van der Waals surface area contributed by atoms with Crippen LogP contribution in [-0.4, -0.2) is 23.2 Å². The van der Waals surface area contributed by atoms with Gasteiger partial charge in [0.25, 0.3) is 0 Å². The lowest BCUT2D eigenvalue weighted by atomic mass is 10.0. The van der Waals surface area contributed by atoms with E-state index in [-0.39, 0.29) is 17.3 Å². The average Bonchev–Trinajstić information content (AvgIpc) is 2.57. The molecule has 0 fully saturated rings. The van der Waals surface area contributed by atoms with Gasteiger partial charge < -0.3 is 20.9 Å². The fourth-order valence-corrected chi connectivity index (χ4v) is 2.49. The summed E-state index contributed by atoms with van der Waals surface area (Å²) in [6.07, 6.45) is 2.34. The first-order valence-corrected chi connectivity index (χ1v) is 7.92. The Morgan fingerprint density at radius 1 is 1.20 bits per heavy atom. The van der Waals surface area contributed by atoms with Gasteiger partial charge in [-0.1, -0.05) is 6.08 Å². The predicted molar refractivity (Wildman–Crippen MR) is 97.2 cm³/mol. The van der Waals surface area contributed by atoms with E-state index in [0.717, 1.165) is 5.56 Å². The number of allylic oxidation sites excluding steroid dienone is 1. The maximum Gasteiger partial charge on any atom is 0.222 e. The zero-order chi connectivity index (χ0) is 18.4. The molecular weight excluding hydrogens is 318 g/mol. The number of benzene rings is 1. The molecule has 130 valence electrons. The number of nitrogens with two attached hydrogens (primary N) is 2. The van der Waals surface area contributed by atoms with Crippen LogP contribution in [0.25, 0.3) is 11.3 Å². The van der Waals surface area contributed by atoms with Crippen LogP contribution >= 0.6 is 0 Å². The number of hydrogen-bond donors (Lipinski definition) is 2. The van der Waals surface area contributed by atoms with Crippen molar-refractivity contribution in [2.24, 2.45) is 0 Å². The summed E-state index contributed by atoms with van der Waals surface area (Å²) in [4.78, 5) is 8.04. The van der Waals surface area contributed by atoms with Gasteiger partial charge in [-0.05, 0) is 32.4 Å². The molecule has 25 heavy (non-hydrogen) atoms. The van der Waals surface area contributed by atoms with Crippen molar-refractivity contribution in [2.75, 3.05) is 24.7 Å². The number of nitriles is 1. The van der Waals surface area contributed by atoms with E-state index in [1.807, 2.05) is 26.0 Å². The molecular formula is C18H21N5O2. The van der Waals surface area contributed by atoms with Gasteiger partial charge in [0.1, 0.15) is 17.5 Å². The van der Waals surface area contributed by atoms with Crippen molar-refractivity contribution in [3.63, 3.8) is 0 Å². The minimum absolute atomic E-state index is 0.00335. The normalized spacial score (nSPS) is 10.1. The molecule has 0 atom stereocenters. The predicted octanol–water partition coefficient (Wildman–Crippen LogP) is 2.71. The third-order valence-electron chi connectivity index (χ3n) is 3.42. The van der Waals surface area contributed by atoms with Crippen LogP contribution in [0, 0.1) is 11.3 Å². The van der Waals surface area contributed by atoms with Crippen molar-refractivity contribution in [3.05, 3.63) is 35.9 Å². The van der Waals surface area contributed by atoms with E-state index in [1.165, 1.54) is 0 Å². The molecule has 0 amide bonds. The van der Waals surface area contributed by atoms with Gasteiger partial charge >= 0.3 is 0 Å². The van der Waals surface area contributed by atoms with Gasteiger partial charge in [-0.3, -0.25) is 0 Å². The van der Waals surface area contributed by atoms with Crippen LogP contribution in [-0.2, 0) is 6.42 Å². The van der Waals surface area contributed by atoms with Crippen molar-refractivity contribution >= 4 is 11.8 Å². The highest BCUT2D eigenvalue weighted by molar-refractivity contribution is 5.75. The standard InChI is InChI=1S/C18H21N5O2/c1-4-7-11-8-12(9-14(24-5-2)16(11)25-6-3)15-13(10-19)17(20)23-18(21)22-15/h4,8-9H,1,5-7H2,2-3H3,(H4,20,21,22,23). The highest BCUT2D eigenvalue weighted by Gasteiger charge is 2.18. The van der Waals surface area contributed by atoms with Crippen LogP contribution < -0.4 is 20.9 Å². The first-order valence-electron chi connectivity index (χ1n) is 7.92. The summed E-state index contributed by atoms with van der Waals surface area (Å²) in [7, 11) is 0. The Kier molecular flexibility index (Phi) is 5.79. The van der Waals surface area contributed by atoms with E-state index in [1.54, 1.807) is 12.1 Å². The van der Waals surface area contributed by atoms with Gasteiger partial charge in [0.15, 0.2) is 11.5 Å². The topological polar surface area (TPSA) is 120 Å². The molecule has 0 unspecified atom stereocenters. The van der Waals surface area contributed by atoms with Gasteiger partial charge in [-0.2, -0.15) is 10.2 Å². The average molecular weight is 339 g/mol.